The van der Waals surface area contributed by atoms with Crippen molar-refractivity contribution < 1.29 is 9.90 Å². The van der Waals surface area contributed by atoms with E-state index >= 15 is 0 Å². The number of fused-ring (bicyclic) bond motifs is 1. The molecular formula is C23H29N3O3. The van der Waals surface area contributed by atoms with E-state index < -0.39 is 5.97 Å². The first-order valence-electron chi connectivity index (χ1n) is 10.0. The minimum Gasteiger partial charge on any atom is -0.481 e. The predicted octanol–water partition coefficient (Wildman–Crippen LogP) is 3.93. The Bertz CT molecular complexity index is 1080. The quantitative estimate of drug-likeness (QED) is 0.658. The topological polar surface area (TPSA) is 77.1 Å². The molecule has 3 aromatic rings. The van der Waals surface area contributed by atoms with Crippen molar-refractivity contribution in [2.24, 2.45) is 25.9 Å². The van der Waals surface area contributed by atoms with Gasteiger partial charge in [-0.15, -0.1) is 0 Å². The fourth-order valence-corrected chi connectivity index (χ4v) is 3.91. The number of benzene rings is 1. The molecule has 0 saturated carbocycles. The Morgan fingerprint density at radius 3 is 2.55 bits per heavy atom. The number of aliphatic carboxylic acids is 1. The molecule has 29 heavy (non-hydrogen) atoms. The Morgan fingerprint density at radius 1 is 1.21 bits per heavy atom. The van der Waals surface area contributed by atoms with Crippen molar-refractivity contribution >= 4 is 17.0 Å². The molecule has 1 atom stereocenters. The smallest absolute Gasteiger partial charge is 0.306 e. The lowest BCUT2D eigenvalue weighted by atomic mass is 9.91. The highest BCUT2D eigenvalue weighted by atomic mass is 16.4. The summed E-state index contributed by atoms with van der Waals surface area (Å²) in [5, 5.41) is 9.46. The number of pyridine rings is 1. The molecular weight excluding hydrogens is 366 g/mol. The third kappa shape index (κ3) is 4.42. The summed E-state index contributed by atoms with van der Waals surface area (Å²) >= 11 is 0. The number of imidazole rings is 1. The van der Waals surface area contributed by atoms with Gasteiger partial charge in [0.2, 0.25) is 0 Å². The van der Waals surface area contributed by atoms with E-state index in [-0.39, 0.29) is 11.5 Å². The molecule has 0 aliphatic rings. The van der Waals surface area contributed by atoms with Gasteiger partial charge in [-0.05, 0) is 55.9 Å². The molecule has 1 aromatic carbocycles. The predicted molar refractivity (Wildman–Crippen MR) is 115 cm³/mol. The zero-order chi connectivity index (χ0) is 21.3. The van der Waals surface area contributed by atoms with Crippen LogP contribution in [-0.4, -0.2) is 25.2 Å². The summed E-state index contributed by atoms with van der Waals surface area (Å²) in [4.78, 5) is 28.3. The van der Waals surface area contributed by atoms with Crippen LogP contribution in [0.25, 0.3) is 22.4 Å². The van der Waals surface area contributed by atoms with Gasteiger partial charge in [0.05, 0.1) is 17.0 Å². The minimum absolute atomic E-state index is 0.0100. The van der Waals surface area contributed by atoms with E-state index in [0.29, 0.717) is 30.7 Å². The first-order valence-corrected chi connectivity index (χ1v) is 10.0. The van der Waals surface area contributed by atoms with E-state index in [0.717, 1.165) is 28.0 Å². The van der Waals surface area contributed by atoms with Crippen molar-refractivity contribution in [3.63, 3.8) is 0 Å². The van der Waals surface area contributed by atoms with Gasteiger partial charge in [0, 0.05) is 31.4 Å². The van der Waals surface area contributed by atoms with E-state index in [9.17, 15) is 14.7 Å². The summed E-state index contributed by atoms with van der Waals surface area (Å²) in [5.41, 5.74) is 4.54. The molecule has 2 aromatic heterocycles. The number of hydrogen-bond donors (Lipinski definition) is 1. The number of carboxylic acids is 1. The van der Waals surface area contributed by atoms with E-state index in [4.69, 9.17) is 4.98 Å². The Hall–Kier alpha value is -2.89. The van der Waals surface area contributed by atoms with Gasteiger partial charge in [-0.2, -0.15) is 0 Å². The van der Waals surface area contributed by atoms with Gasteiger partial charge < -0.3 is 14.2 Å². The molecule has 0 bridgehead atoms. The number of carboxylic acid groups (broad SMARTS) is 1. The average Bonchev–Trinajstić information content (AvgIpc) is 2.98. The van der Waals surface area contributed by atoms with Crippen LogP contribution in [0.15, 0.2) is 35.3 Å². The van der Waals surface area contributed by atoms with E-state index in [1.807, 2.05) is 42.8 Å². The summed E-state index contributed by atoms with van der Waals surface area (Å²) in [5.74, 6) is 0.129. The van der Waals surface area contributed by atoms with Gasteiger partial charge in [-0.3, -0.25) is 9.59 Å². The van der Waals surface area contributed by atoms with Crippen molar-refractivity contribution in [1.82, 2.24) is 14.1 Å². The SMILES string of the molecule is Cc1cc(-c2nc3cc(CC[C@@H](CC(C)C)C(=O)O)ccc3n2C)cn(C)c1=O. The fraction of sp³-hybridized carbons (Fsp3) is 0.435. The largest absolute Gasteiger partial charge is 0.481 e. The van der Waals surface area contributed by atoms with E-state index in [1.165, 1.54) is 0 Å². The van der Waals surface area contributed by atoms with Gasteiger partial charge in [-0.25, -0.2) is 4.98 Å². The molecule has 6 nitrogen and oxygen atoms in total. The number of hydrogen-bond acceptors (Lipinski definition) is 3. The van der Waals surface area contributed by atoms with Crippen LogP contribution in [0.1, 0.15) is 37.8 Å². The van der Waals surface area contributed by atoms with Crippen molar-refractivity contribution in [3.8, 4) is 11.4 Å². The van der Waals surface area contributed by atoms with Crippen LogP contribution in [0.4, 0.5) is 0 Å². The van der Waals surface area contributed by atoms with Gasteiger partial charge in [0.15, 0.2) is 0 Å². The molecule has 0 saturated heterocycles. The average molecular weight is 396 g/mol. The number of carbonyl (C=O) groups is 1. The Morgan fingerprint density at radius 2 is 1.93 bits per heavy atom. The number of aromatic nitrogens is 3. The lowest BCUT2D eigenvalue weighted by molar-refractivity contribution is -0.142. The summed E-state index contributed by atoms with van der Waals surface area (Å²) in [7, 11) is 3.71. The van der Waals surface area contributed by atoms with Crippen LogP contribution in [0.2, 0.25) is 0 Å². The second-order valence-electron chi connectivity index (χ2n) is 8.35. The molecule has 3 rings (SSSR count). The number of aryl methyl sites for hydroxylation is 4. The molecule has 0 unspecified atom stereocenters. The molecule has 2 heterocycles. The third-order valence-electron chi connectivity index (χ3n) is 5.45. The Balaban J connectivity index is 1.90. The summed E-state index contributed by atoms with van der Waals surface area (Å²) in [6.07, 6.45) is 3.83. The lowest BCUT2D eigenvalue weighted by Crippen LogP contribution is -2.18. The van der Waals surface area contributed by atoms with Crippen molar-refractivity contribution in [1.29, 1.82) is 0 Å². The molecule has 0 fully saturated rings. The normalized spacial score (nSPS) is 12.6. The van der Waals surface area contributed by atoms with Gasteiger partial charge in [0.1, 0.15) is 5.82 Å². The van der Waals surface area contributed by atoms with Crippen LogP contribution < -0.4 is 5.56 Å². The number of rotatable bonds is 7. The number of nitrogens with zero attached hydrogens (tertiary/aromatic N) is 3. The standard InChI is InChI=1S/C23H29N3O3/c1-14(2)10-17(23(28)29)8-6-16-7-9-20-19(12-16)24-21(26(20)5)18-11-15(3)22(27)25(4)13-18/h7,9,11-14,17H,6,8,10H2,1-5H3,(H,28,29)/t17-/m0/s1. The van der Waals surface area contributed by atoms with Crippen LogP contribution in [-0.2, 0) is 25.3 Å². The maximum atomic E-state index is 12.0. The molecule has 0 aliphatic heterocycles. The molecule has 0 aliphatic carbocycles. The summed E-state index contributed by atoms with van der Waals surface area (Å²) in [6, 6.07) is 8.00. The van der Waals surface area contributed by atoms with Crippen molar-refractivity contribution in [2.45, 2.75) is 40.0 Å². The third-order valence-corrected chi connectivity index (χ3v) is 5.45. The fourth-order valence-electron chi connectivity index (χ4n) is 3.91. The maximum absolute atomic E-state index is 12.0. The van der Waals surface area contributed by atoms with E-state index in [1.54, 1.807) is 17.8 Å². The summed E-state index contributed by atoms with van der Waals surface area (Å²) < 4.78 is 3.60. The molecule has 0 spiro atoms. The van der Waals surface area contributed by atoms with Crippen LogP contribution in [0.5, 0.6) is 0 Å². The molecule has 154 valence electrons. The van der Waals surface area contributed by atoms with Crippen LogP contribution in [0.3, 0.4) is 0 Å². The highest BCUT2D eigenvalue weighted by molar-refractivity contribution is 5.81. The van der Waals surface area contributed by atoms with Gasteiger partial charge in [0.25, 0.3) is 5.56 Å². The molecule has 6 heteroatoms. The second kappa shape index (κ2) is 8.23. The monoisotopic (exact) mass is 395 g/mol. The van der Waals surface area contributed by atoms with Crippen molar-refractivity contribution in [2.75, 3.05) is 0 Å². The van der Waals surface area contributed by atoms with E-state index in [2.05, 4.69) is 13.8 Å². The first kappa shape index (κ1) is 20.8. The first-order chi connectivity index (χ1) is 13.7. The highest BCUT2D eigenvalue weighted by Crippen LogP contribution is 2.26. The summed E-state index contributed by atoms with van der Waals surface area (Å²) in [6.45, 7) is 5.92. The molecule has 0 radical (unpaired) electrons. The minimum atomic E-state index is -0.718. The Labute approximate surface area is 170 Å². The van der Waals surface area contributed by atoms with Crippen LogP contribution in [0, 0.1) is 18.8 Å². The zero-order valence-corrected chi connectivity index (χ0v) is 17.8. The molecule has 1 N–H and O–H groups in total. The van der Waals surface area contributed by atoms with Gasteiger partial charge in [-0.1, -0.05) is 19.9 Å². The van der Waals surface area contributed by atoms with Crippen molar-refractivity contribution in [3.05, 3.63) is 51.9 Å². The zero-order valence-electron chi connectivity index (χ0n) is 17.8. The molecule has 0 amide bonds. The van der Waals surface area contributed by atoms with Crippen LogP contribution >= 0.6 is 0 Å². The lowest BCUT2D eigenvalue weighted by Gasteiger charge is -2.14. The second-order valence-corrected chi connectivity index (χ2v) is 8.35. The Kier molecular flexibility index (Phi) is 5.91. The maximum Gasteiger partial charge on any atom is 0.306 e. The van der Waals surface area contributed by atoms with Gasteiger partial charge >= 0.3 is 5.97 Å². The highest BCUT2D eigenvalue weighted by Gasteiger charge is 2.19.